The van der Waals surface area contributed by atoms with Gasteiger partial charge < -0.3 is 19.1 Å². The minimum absolute atomic E-state index is 0.0210. The molecular weight excluding hydrogens is 272 g/mol. The summed E-state index contributed by atoms with van der Waals surface area (Å²) >= 11 is 0. The fraction of sp³-hybridized carbons (Fsp3) is 0.467. The van der Waals surface area contributed by atoms with E-state index in [-0.39, 0.29) is 18.5 Å². The van der Waals surface area contributed by atoms with Gasteiger partial charge in [0.2, 0.25) is 5.75 Å². The van der Waals surface area contributed by atoms with Crippen molar-refractivity contribution in [3.05, 3.63) is 17.7 Å². The van der Waals surface area contributed by atoms with Crippen LogP contribution in [0.5, 0.6) is 17.2 Å². The predicted octanol–water partition coefficient (Wildman–Crippen LogP) is 2.09. The Balaban J connectivity index is 3.30. The zero-order valence-corrected chi connectivity index (χ0v) is 13.0. The summed E-state index contributed by atoms with van der Waals surface area (Å²) in [5.41, 5.74) is 0.383. The number of nitriles is 1. The number of ether oxygens (including phenoxy) is 3. The standard InChI is InChI=1S/C15H20N2O4/c1-10(2)17(7-6-16)15(18)11-8-12(19-3)14(21-5)13(9-11)20-4/h8-10H,7H2,1-5H3. The van der Waals surface area contributed by atoms with Gasteiger partial charge in [-0.2, -0.15) is 5.26 Å². The van der Waals surface area contributed by atoms with E-state index in [4.69, 9.17) is 19.5 Å². The molecule has 114 valence electrons. The van der Waals surface area contributed by atoms with E-state index in [2.05, 4.69) is 0 Å². The summed E-state index contributed by atoms with van der Waals surface area (Å²) in [4.78, 5) is 14.0. The Kier molecular flexibility index (Phi) is 5.85. The lowest BCUT2D eigenvalue weighted by Gasteiger charge is -2.24. The maximum atomic E-state index is 12.5. The van der Waals surface area contributed by atoms with E-state index < -0.39 is 0 Å². The predicted molar refractivity (Wildman–Crippen MR) is 77.9 cm³/mol. The van der Waals surface area contributed by atoms with Gasteiger partial charge in [0.15, 0.2) is 11.5 Å². The maximum Gasteiger partial charge on any atom is 0.255 e. The van der Waals surface area contributed by atoms with E-state index >= 15 is 0 Å². The molecule has 6 nitrogen and oxygen atoms in total. The first-order valence-electron chi connectivity index (χ1n) is 6.48. The molecule has 0 aliphatic carbocycles. The van der Waals surface area contributed by atoms with Crippen LogP contribution in [0.2, 0.25) is 0 Å². The van der Waals surface area contributed by atoms with Gasteiger partial charge in [-0.1, -0.05) is 0 Å². The Bertz CT molecular complexity index is 524. The maximum absolute atomic E-state index is 12.5. The largest absolute Gasteiger partial charge is 0.493 e. The van der Waals surface area contributed by atoms with Crippen molar-refractivity contribution >= 4 is 5.91 Å². The van der Waals surface area contributed by atoms with Crippen LogP contribution in [0.3, 0.4) is 0 Å². The lowest BCUT2D eigenvalue weighted by molar-refractivity contribution is 0.0730. The highest BCUT2D eigenvalue weighted by Crippen LogP contribution is 2.38. The fourth-order valence-electron chi connectivity index (χ4n) is 1.94. The van der Waals surface area contributed by atoms with Gasteiger partial charge in [0.1, 0.15) is 6.54 Å². The molecule has 0 bridgehead atoms. The minimum atomic E-state index is -0.259. The highest BCUT2D eigenvalue weighted by Gasteiger charge is 2.22. The molecule has 0 saturated heterocycles. The van der Waals surface area contributed by atoms with Gasteiger partial charge >= 0.3 is 0 Å². The first kappa shape index (κ1) is 16.6. The van der Waals surface area contributed by atoms with Crippen LogP contribution in [-0.4, -0.2) is 44.7 Å². The molecule has 6 heteroatoms. The number of benzene rings is 1. The second-order valence-corrected chi connectivity index (χ2v) is 4.60. The number of rotatable bonds is 6. The molecule has 0 N–H and O–H groups in total. The third kappa shape index (κ3) is 3.57. The van der Waals surface area contributed by atoms with E-state index in [9.17, 15) is 4.79 Å². The van der Waals surface area contributed by atoms with Gasteiger partial charge in [-0.05, 0) is 26.0 Å². The average Bonchev–Trinajstić information content (AvgIpc) is 2.49. The summed E-state index contributed by atoms with van der Waals surface area (Å²) in [6.07, 6.45) is 0. The van der Waals surface area contributed by atoms with Crippen molar-refractivity contribution in [1.82, 2.24) is 4.90 Å². The lowest BCUT2D eigenvalue weighted by Crippen LogP contribution is -2.37. The van der Waals surface area contributed by atoms with Crippen LogP contribution in [0.1, 0.15) is 24.2 Å². The van der Waals surface area contributed by atoms with Gasteiger partial charge in [-0.25, -0.2) is 0 Å². The molecule has 0 heterocycles. The van der Waals surface area contributed by atoms with Crippen molar-refractivity contribution < 1.29 is 19.0 Å². The number of methoxy groups -OCH3 is 3. The van der Waals surface area contributed by atoms with E-state index in [0.29, 0.717) is 22.8 Å². The third-order valence-electron chi connectivity index (χ3n) is 3.04. The van der Waals surface area contributed by atoms with Crippen molar-refractivity contribution in [3.63, 3.8) is 0 Å². The topological polar surface area (TPSA) is 71.8 Å². The van der Waals surface area contributed by atoms with Gasteiger partial charge in [-0.3, -0.25) is 4.79 Å². The molecule has 0 saturated carbocycles. The van der Waals surface area contributed by atoms with Gasteiger partial charge in [0, 0.05) is 11.6 Å². The molecule has 0 radical (unpaired) electrons. The number of amides is 1. The Morgan fingerprint density at radius 3 is 2.05 bits per heavy atom. The summed E-state index contributed by atoms with van der Waals surface area (Å²) < 4.78 is 15.7. The molecule has 0 aromatic heterocycles. The number of carbonyl (C=O) groups is 1. The summed E-state index contributed by atoms with van der Waals surface area (Å²) in [5, 5.41) is 8.85. The second kappa shape index (κ2) is 7.39. The molecule has 1 aromatic carbocycles. The first-order valence-corrected chi connectivity index (χ1v) is 6.48. The van der Waals surface area contributed by atoms with Gasteiger partial charge in [-0.15, -0.1) is 0 Å². The third-order valence-corrected chi connectivity index (χ3v) is 3.04. The molecule has 1 amide bonds. The van der Waals surface area contributed by atoms with Crippen molar-refractivity contribution in [2.24, 2.45) is 0 Å². The van der Waals surface area contributed by atoms with Gasteiger partial charge in [0.05, 0.1) is 27.4 Å². The molecule has 0 atom stereocenters. The number of hydrogen-bond acceptors (Lipinski definition) is 5. The number of hydrogen-bond donors (Lipinski definition) is 0. The molecule has 0 aliphatic heterocycles. The van der Waals surface area contributed by atoms with E-state index in [1.807, 2.05) is 19.9 Å². The zero-order valence-electron chi connectivity index (χ0n) is 13.0. The summed E-state index contributed by atoms with van der Waals surface area (Å²) in [5.74, 6) is 0.973. The zero-order chi connectivity index (χ0) is 16.0. The molecular formula is C15H20N2O4. The summed E-state index contributed by atoms with van der Waals surface area (Å²) in [7, 11) is 4.47. The van der Waals surface area contributed by atoms with Crippen LogP contribution in [0.4, 0.5) is 0 Å². The average molecular weight is 292 g/mol. The molecule has 0 spiro atoms. The van der Waals surface area contributed by atoms with Crippen LogP contribution < -0.4 is 14.2 Å². The van der Waals surface area contributed by atoms with Crippen molar-refractivity contribution in [2.75, 3.05) is 27.9 Å². The minimum Gasteiger partial charge on any atom is -0.493 e. The lowest BCUT2D eigenvalue weighted by atomic mass is 10.1. The van der Waals surface area contributed by atoms with E-state index in [1.165, 1.54) is 26.2 Å². The normalized spacial score (nSPS) is 9.95. The van der Waals surface area contributed by atoms with Gasteiger partial charge in [0.25, 0.3) is 5.91 Å². The Morgan fingerprint density at radius 2 is 1.71 bits per heavy atom. The van der Waals surface area contributed by atoms with Crippen LogP contribution >= 0.6 is 0 Å². The highest BCUT2D eigenvalue weighted by molar-refractivity contribution is 5.96. The van der Waals surface area contributed by atoms with Crippen molar-refractivity contribution in [1.29, 1.82) is 5.26 Å². The quantitative estimate of drug-likeness (QED) is 0.751. The Labute approximate surface area is 124 Å². The van der Waals surface area contributed by atoms with Crippen LogP contribution in [0, 0.1) is 11.3 Å². The molecule has 1 rings (SSSR count). The molecule has 0 fully saturated rings. The SMILES string of the molecule is COc1cc(C(=O)N(CC#N)C(C)C)cc(OC)c1OC. The Hall–Kier alpha value is -2.42. The first-order chi connectivity index (χ1) is 9.99. The van der Waals surface area contributed by atoms with Crippen molar-refractivity contribution in [3.8, 4) is 23.3 Å². The van der Waals surface area contributed by atoms with Crippen LogP contribution in [0.25, 0.3) is 0 Å². The van der Waals surface area contributed by atoms with E-state index in [1.54, 1.807) is 12.1 Å². The number of carbonyl (C=O) groups excluding carboxylic acids is 1. The second-order valence-electron chi connectivity index (χ2n) is 4.60. The smallest absolute Gasteiger partial charge is 0.255 e. The number of nitrogens with zero attached hydrogens (tertiary/aromatic N) is 2. The van der Waals surface area contributed by atoms with Crippen LogP contribution in [0.15, 0.2) is 12.1 Å². The van der Waals surface area contributed by atoms with Crippen molar-refractivity contribution in [2.45, 2.75) is 19.9 Å². The molecule has 0 aliphatic rings. The summed E-state index contributed by atoms with van der Waals surface area (Å²) in [6, 6.07) is 5.07. The molecule has 1 aromatic rings. The Morgan fingerprint density at radius 1 is 1.19 bits per heavy atom. The highest BCUT2D eigenvalue weighted by atomic mass is 16.5. The van der Waals surface area contributed by atoms with E-state index in [0.717, 1.165) is 0 Å². The monoisotopic (exact) mass is 292 g/mol. The summed E-state index contributed by atoms with van der Waals surface area (Å²) in [6.45, 7) is 3.73. The van der Waals surface area contributed by atoms with Crippen LogP contribution in [-0.2, 0) is 0 Å². The molecule has 21 heavy (non-hydrogen) atoms. The molecule has 0 unspecified atom stereocenters. The fourth-order valence-corrected chi connectivity index (χ4v) is 1.94.